The minimum Gasteiger partial charge on any atom is -0.390 e. The molecule has 1 aliphatic rings. The van der Waals surface area contributed by atoms with Crippen molar-refractivity contribution in [2.45, 2.75) is 45.6 Å². The molecule has 2 rings (SSSR count). The molecular weight excluding hydrogens is 266 g/mol. The molecule has 4 N–H and O–H groups in total. The maximum absolute atomic E-state index is 10.2. The van der Waals surface area contributed by atoms with Gasteiger partial charge in [0.2, 0.25) is 5.95 Å². The summed E-state index contributed by atoms with van der Waals surface area (Å²) in [6.45, 7) is 7.24. The van der Waals surface area contributed by atoms with Gasteiger partial charge in [0.1, 0.15) is 5.82 Å². The molecule has 2 heterocycles. The van der Waals surface area contributed by atoms with Crippen molar-refractivity contribution in [3.8, 4) is 0 Å². The van der Waals surface area contributed by atoms with E-state index in [0.717, 1.165) is 30.2 Å². The van der Waals surface area contributed by atoms with E-state index in [1.807, 2.05) is 13.8 Å². The zero-order valence-corrected chi connectivity index (χ0v) is 13.1. The van der Waals surface area contributed by atoms with Crippen LogP contribution in [0.25, 0.3) is 0 Å². The van der Waals surface area contributed by atoms with Gasteiger partial charge in [0.25, 0.3) is 0 Å². The second-order valence-corrected chi connectivity index (χ2v) is 5.89. The van der Waals surface area contributed by atoms with Gasteiger partial charge >= 0.3 is 0 Å². The molecule has 0 amide bonds. The van der Waals surface area contributed by atoms with Gasteiger partial charge in [-0.1, -0.05) is 12.8 Å². The summed E-state index contributed by atoms with van der Waals surface area (Å²) in [7, 11) is 0. The fourth-order valence-corrected chi connectivity index (χ4v) is 2.72. The Morgan fingerprint density at radius 2 is 1.86 bits per heavy atom. The van der Waals surface area contributed by atoms with Crippen molar-refractivity contribution < 1.29 is 5.11 Å². The first-order valence-corrected chi connectivity index (χ1v) is 7.81. The van der Waals surface area contributed by atoms with Crippen LogP contribution in [0, 0.1) is 13.8 Å². The van der Waals surface area contributed by atoms with Crippen molar-refractivity contribution >= 4 is 11.8 Å². The summed E-state index contributed by atoms with van der Waals surface area (Å²) < 4.78 is 0. The molecule has 0 aliphatic carbocycles. The van der Waals surface area contributed by atoms with Crippen molar-refractivity contribution in [2.75, 3.05) is 37.2 Å². The predicted octanol–water partition coefficient (Wildman–Crippen LogP) is 1.32. The smallest absolute Gasteiger partial charge is 0.222 e. The van der Waals surface area contributed by atoms with E-state index in [4.69, 9.17) is 5.73 Å². The number of hydrogen-bond donors (Lipinski definition) is 3. The molecule has 1 aromatic heterocycles. The number of aryl methyl sites for hydroxylation is 1. The number of aliphatic hydroxyl groups is 1. The first-order valence-electron chi connectivity index (χ1n) is 7.81. The van der Waals surface area contributed by atoms with Crippen molar-refractivity contribution in [2.24, 2.45) is 0 Å². The monoisotopic (exact) mass is 293 g/mol. The maximum atomic E-state index is 10.2. The number of β-amino-alcohol motifs (C(OH)–C–C–N with tert-alkyl or cyclic N) is 1. The fraction of sp³-hybridized carbons (Fsp3) is 0.733. The number of nitrogen functional groups attached to an aromatic ring is 1. The van der Waals surface area contributed by atoms with E-state index in [2.05, 4.69) is 20.2 Å². The summed E-state index contributed by atoms with van der Waals surface area (Å²) in [5, 5.41) is 13.4. The van der Waals surface area contributed by atoms with Crippen molar-refractivity contribution in [3.63, 3.8) is 0 Å². The lowest BCUT2D eigenvalue weighted by Gasteiger charge is -2.23. The van der Waals surface area contributed by atoms with Crippen LogP contribution >= 0.6 is 0 Å². The van der Waals surface area contributed by atoms with Crippen LogP contribution in [0.2, 0.25) is 0 Å². The lowest BCUT2D eigenvalue weighted by atomic mass is 10.2. The van der Waals surface area contributed by atoms with Gasteiger partial charge in [0.15, 0.2) is 0 Å². The molecule has 1 saturated heterocycles. The highest BCUT2D eigenvalue weighted by Gasteiger charge is 2.14. The molecule has 0 bridgehead atoms. The molecule has 6 nitrogen and oxygen atoms in total. The van der Waals surface area contributed by atoms with Gasteiger partial charge in [-0.15, -0.1) is 0 Å². The zero-order chi connectivity index (χ0) is 15.2. The topological polar surface area (TPSA) is 87.3 Å². The second kappa shape index (κ2) is 7.56. The van der Waals surface area contributed by atoms with Crippen molar-refractivity contribution in [1.29, 1.82) is 0 Å². The van der Waals surface area contributed by atoms with Gasteiger partial charge < -0.3 is 21.1 Å². The zero-order valence-electron chi connectivity index (χ0n) is 13.1. The molecule has 1 atom stereocenters. The number of likely N-dealkylation sites (tertiary alicyclic amines) is 1. The Bertz CT molecular complexity index is 458. The van der Waals surface area contributed by atoms with E-state index in [-0.39, 0.29) is 5.95 Å². The highest BCUT2D eigenvalue weighted by molar-refractivity contribution is 5.48. The highest BCUT2D eigenvalue weighted by Crippen LogP contribution is 2.16. The number of aromatic nitrogens is 2. The Balaban J connectivity index is 1.84. The standard InChI is InChI=1S/C15H27N5O/c1-11-12(2)18-15(16)19-14(11)17-9-13(21)10-20-7-5-3-4-6-8-20/h13,21H,3-10H2,1-2H3,(H3,16,17,18,19). The summed E-state index contributed by atoms with van der Waals surface area (Å²) in [4.78, 5) is 10.7. The number of nitrogens with zero attached hydrogens (tertiary/aromatic N) is 3. The minimum atomic E-state index is -0.404. The average Bonchev–Trinajstić information content (AvgIpc) is 2.70. The Hall–Kier alpha value is -1.40. The van der Waals surface area contributed by atoms with Crippen LogP contribution in [0.3, 0.4) is 0 Å². The molecule has 1 fully saturated rings. The molecule has 6 heteroatoms. The van der Waals surface area contributed by atoms with E-state index < -0.39 is 6.10 Å². The molecule has 1 unspecified atom stereocenters. The number of rotatable bonds is 5. The number of aliphatic hydroxyl groups excluding tert-OH is 1. The highest BCUT2D eigenvalue weighted by atomic mass is 16.3. The van der Waals surface area contributed by atoms with Gasteiger partial charge in [0, 0.05) is 24.3 Å². The molecule has 118 valence electrons. The molecule has 21 heavy (non-hydrogen) atoms. The van der Waals surface area contributed by atoms with Gasteiger partial charge in [-0.2, -0.15) is 4.98 Å². The first kappa shape index (κ1) is 16.0. The summed E-state index contributed by atoms with van der Waals surface area (Å²) in [5.74, 6) is 0.984. The largest absolute Gasteiger partial charge is 0.390 e. The van der Waals surface area contributed by atoms with E-state index in [9.17, 15) is 5.11 Å². The maximum Gasteiger partial charge on any atom is 0.222 e. The van der Waals surface area contributed by atoms with Gasteiger partial charge in [-0.25, -0.2) is 4.98 Å². The molecule has 1 aromatic rings. The Labute approximate surface area is 126 Å². The summed E-state index contributed by atoms with van der Waals surface area (Å²) in [6.07, 6.45) is 4.69. The van der Waals surface area contributed by atoms with Crippen LogP contribution in [-0.4, -0.2) is 52.3 Å². The SMILES string of the molecule is Cc1nc(N)nc(NCC(O)CN2CCCCCC2)c1C. The third kappa shape index (κ3) is 4.82. The average molecular weight is 293 g/mol. The third-order valence-corrected chi connectivity index (χ3v) is 4.08. The minimum absolute atomic E-state index is 0.266. The van der Waals surface area contributed by atoms with E-state index in [1.165, 1.54) is 25.7 Å². The quantitative estimate of drug-likeness (QED) is 0.759. The molecular formula is C15H27N5O. The molecule has 0 aromatic carbocycles. The van der Waals surface area contributed by atoms with Gasteiger partial charge in [-0.3, -0.25) is 0 Å². The van der Waals surface area contributed by atoms with Crippen molar-refractivity contribution in [3.05, 3.63) is 11.3 Å². The van der Waals surface area contributed by atoms with Crippen LogP contribution in [0.1, 0.15) is 36.9 Å². The second-order valence-electron chi connectivity index (χ2n) is 5.89. The Kier molecular flexibility index (Phi) is 5.76. The van der Waals surface area contributed by atoms with Crippen LogP contribution in [0.4, 0.5) is 11.8 Å². The predicted molar refractivity (Wildman–Crippen MR) is 85.3 cm³/mol. The number of nitrogens with one attached hydrogen (secondary N) is 1. The normalized spacial score (nSPS) is 18.2. The lowest BCUT2D eigenvalue weighted by molar-refractivity contribution is 0.124. The van der Waals surface area contributed by atoms with Crippen LogP contribution < -0.4 is 11.1 Å². The first-order chi connectivity index (χ1) is 10.1. The van der Waals surface area contributed by atoms with E-state index in [0.29, 0.717) is 13.1 Å². The van der Waals surface area contributed by atoms with Crippen LogP contribution in [-0.2, 0) is 0 Å². The molecule has 0 radical (unpaired) electrons. The van der Waals surface area contributed by atoms with Gasteiger partial charge in [-0.05, 0) is 39.8 Å². The fourth-order valence-electron chi connectivity index (χ4n) is 2.72. The molecule has 0 saturated carbocycles. The lowest BCUT2D eigenvalue weighted by Crippen LogP contribution is -2.36. The molecule has 1 aliphatic heterocycles. The van der Waals surface area contributed by atoms with Crippen LogP contribution in [0.15, 0.2) is 0 Å². The Morgan fingerprint density at radius 3 is 2.52 bits per heavy atom. The van der Waals surface area contributed by atoms with Crippen molar-refractivity contribution in [1.82, 2.24) is 14.9 Å². The number of hydrogen-bond acceptors (Lipinski definition) is 6. The summed E-state index contributed by atoms with van der Waals surface area (Å²) in [6, 6.07) is 0. The third-order valence-electron chi connectivity index (χ3n) is 4.08. The van der Waals surface area contributed by atoms with Crippen LogP contribution in [0.5, 0.6) is 0 Å². The Morgan fingerprint density at radius 1 is 1.19 bits per heavy atom. The van der Waals surface area contributed by atoms with Gasteiger partial charge in [0.05, 0.1) is 6.10 Å². The number of nitrogens with two attached hydrogens (primary N) is 1. The number of anilines is 2. The van der Waals surface area contributed by atoms with E-state index >= 15 is 0 Å². The summed E-state index contributed by atoms with van der Waals surface area (Å²) >= 11 is 0. The summed E-state index contributed by atoms with van der Waals surface area (Å²) in [5.41, 5.74) is 7.51. The molecule has 0 spiro atoms. The van der Waals surface area contributed by atoms with E-state index in [1.54, 1.807) is 0 Å².